The summed E-state index contributed by atoms with van der Waals surface area (Å²) in [5, 5.41) is 41.9. The number of amides is 5. The van der Waals surface area contributed by atoms with Crippen molar-refractivity contribution in [3.05, 3.63) is 59.7 Å². The molecule has 0 spiro atoms. The summed E-state index contributed by atoms with van der Waals surface area (Å²) in [5.41, 5.74) is 17.9. The van der Waals surface area contributed by atoms with Crippen LogP contribution in [0.4, 0.5) is 0 Å². The van der Waals surface area contributed by atoms with Gasteiger partial charge in [0.05, 0.1) is 12.6 Å². The Morgan fingerprint density at radius 1 is 0.643 bits per heavy atom. The zero-order valence-electron chi connectivity index (χ0n) is 32.3. The molecule has 18 nitrogen and oxygen atoms in total. The molecule has 0 radical (unpaired) electrons. The van der Waals surface area contributed by atoms with Gasteiger partial charge in [0.25, 0.3) is 0 Å². The van der Waals surface area contributed by atoms with E-state index in [1.807, 2.05) is 13.8 Å². The van der Waals surface area contributed by atoms with E-state index in [1.165, 1.54) is 24.3 Å². The fourth-order valence-electron chi connectivity index (χ4n) is 5.56. The van der Waals surface area contributed by atoms with Crippen molar-refractivity contribution in [3.63, 3.8) is 0 Å². The number of aromatic hydroxyl groups is 2. The minimum Gasteiger partial charge on any atom is -0.508 e. The van der Waals surface area contributed by atoms with Gasteiger partial charge in [-0.2, -0.15) is 0 Å². The van der Waals surface area contributed by atoms with Crippen LogP contribution in [0.5, 0.6) is 11.5 Å². The predicted octanol–water partition coefficient (Wildman–Crippen LogP) is -0.504. The standard InChI is InChI=1S/C38H57N9O9/c1-21(2)16-28(46-36(54)30(19-24-9-13-26(49)14-10-24)45-33(51)27(39)6-5-15-42-38(40)41)34(52)43-20-32(50)44-29(18-23-7-11-25(48)12-8-23)35(53)47-31(37(55)56)17-22(3)4/h7-14,21-22,27-31,48-49H,5-6,15-20,39H2,1-4H3,(H,43,52)(H,44,50)(H,45,51)(H,46,54)(H,47,53)(H,55,56)(H4,40,41,42)/t27-,28-,29-,30-,31-/m0/s1. The van der Waals surface area contributed by atoms with Crippen LogP contribution < -0.4 is 43.8 Å². The van der Waals surface area contributed by atoms with Gasteiger partial charge in [0.15, 0.2) is 5.96 Å². The number of benzene rings is 2. The van der Waals surface area contributed by atoms with Crippen molar-refractivity contribution in [1.82, 2.24) is 26.6 Å². The number of aliphatic imine (C=N–C) groups is 1. The highest BCUT2D eigenvalue weighted by molar-refractivity contribution is 5.95. The lowest BCUT2D eigenvalue weighted by Gasteiger charge is -2.25. The number of rotatable bonds is 23. The maximum absolute atomic E-state index is 13.7. The van der Waals surface area contributed by atoms with E-state index in [0.29, 0.717) is 17.5 Å². The zero-order chi connectivity index (χ0) is 41.9. The first-order valence-corrected chi connectivity index (χ1v) is 18.4. The summed E-state index contributed by atoms with van der Waals surface area (Å²) in [5.74, 6) is -5.07. The van der Waals surface area contributed by atoms with Crippen molar-refractivity contribution in [3.8, 4) is 11.5 Å². The Morgan fingerprint density at radius 2 is 1.09 bits per heavy atom. The fraction of sp³-hybridized carbons (Fsp3) is 0.500. The van der Waals surface area contributed by atoms with Gasteiger partial charge in [-0.3, -0.25) is 29.0 Å². The molecular weight excluding hydrogens is 726 g/mol. The van der Waals surface area contributed by atoms with Gasteiger partial charge < -0.3 is 59.1 Å². The molecule has 0 aliphatic heterocycles. The molecule has 0 saturated carbocycles. The van der Waals surface area contributed by atoms with Gasteiger partial charge in [-0.15, -0.1) is 0 Å². The Kier molecular flexibility index (Phi) is 19.1. The first-order valence-electron chi connectivity index (χ1n) is 18.4. The summed E-state index contributed by atoms with van der Waals surface area (Å²) in [4.78, 5) is 82.5. The number of carbonyl (C=O) groups is 6. The van der Waals surface area contributed by atoms with Crippen molar-refractivity contribution < 1.29 is 44.1 Å². The van der Waals surface area contributed by atoms with Crippen LogP contribution in [0.3, 0.4) is 0 Å². The second kappa shape index (κ2) is 23.1. The molecule has 0 bridgehead atoms. The summed E-state index contributed by atoms with van der Waals surface area (Å²) in [6, 6.07) is 6.12. The van der Waals surface area contributed by atoms with Crippen LogP contribution >= 0.6 is 0 Å². The Morgan fingerprint density at radius 3 is 1.55 bits per heavy atom. The van der Waals surface area contributed by atoms with Gasteiger partial charge in [-0.05, 0) is 72.9 Å². The van der Waals surface area contributed by atoms with E-state index in [2.05, 4.69) is 31.6 Å². The third-order valence-electron chi connectivity index (χ3n) is 8.43. The van der Waals surface area contributed by atoms with Crippen molar-refractivity contribution in [2.75, 3.05) is 13.1 Å². The van der Waals surface area contributed by atoms with Gasteiger partial charge >= 0.3 is 5.97 Å². The number of aliphatic carboxylic acids is 1. The molecule has 56 heavy (non-hydrogen) atoms. The smallest absolute Gasteiger partial charge is 0.326 e. The van der Waals surface area contributed by atoms with Gasteiger partial charge in [0.1, 0.15) is 35.7 Å². The quantitative estimate of drug-likeness (QED) is 0.0386. The van der Waals surface area contributed by atoms with Crippen molar-refractivity contribution in [2.24, 2.45) is 34.0 Å². The van der Waals surface area contributed by atoms with E-state index in [1.54, 1.807) is 38.1 Å². The molecule has 2 aromatic carbocycles. The SMILES string of the molecule is CC(C)C[C@H](NC(=O)[C@H](Cc1ccc(O)cc1)NC(=O)CNC(=O)[C@H](CC(C)C)NC(=O)[C@H](Cc1ccc(O)cc1)NC(=O)[C@@H](N)CCCN=C(N)N)C(=O)O. The first-order chi connectivity index (χ1) is 26.3. The number of hydrogen-bond acceptors (Lipinski definition) is 10. The van der Waals surface area contributed by atoms with E-state index in [-0.39, 0.29) is 67.9 Å². The number of carboxylic acids is 1. The molecule has 308 valence electrons. The minimum absolute atomic E-state index is 0.00201. The maximum Gasteiger partial charge on any atom is 0.326 e. The first kappa shape index (κ1) is 46.2. The number of nitrogens with two attached hydrogens (primary N) is 3. The molecule has 0 aliphatic rings. The maximum atomic E-state index is 13.7. The van der Waals surface area contributed by atoms with Crippen LogP contribution in [0.1, 0.15) is 64.5 Å². The Hall–Kier alpha value is -5.91. The van der Waals surface area contributed by atoms with Gasteiger partial charge in [0.2, 0.25) is 29.5 Å². The summed E-state index contributed by atoms with van der Waals surface area (Å²) in [6.45, 7) is 6.91. The molecular formula is C38H57N9O9. The number of phenols is 2. The molecule has 0 aromatic heterocycles. The van der Waals surface area contributed by atoms with Gasteiger partial charge in [0, 0.05) is 19.4 Å². The highest BCUT2D eigenvalue weighted by atomic mass is 16.4. The van der Waals surface area contributed by atoms with Crippen LogP contribution in [-0.2, 0) is 41.6 Å². The second-order valence-electron chi connectivity index (χ2n) is 14.4. The van der Waals surface area contributed by atoms with Crippen molar-refractivity contribution >= 4 is 41.5 Å². The molecule has 2 aromatic rings. The molecule has 18 heteroatoms. The number of nitrogens with zero attached hydrogens (tertiary/aromatic N) is 1. The number of nitrogens with one attached hydrogen (secondary N) is 5. The van der Waals surface area contributed by atoms with E-state index >= 15 is 0 Å². The van der Waals surface area contributed by atoms with E-state index in [9.17, 15) is 44.1 Å². The topological polar surface area (TPSA) is 314 Å². The monoisotopic (exact) mass is 783 g/mol. The average Bonchev–Trinajstić information content (AvgIpc) is 3.12. The van der Waals surface area contributed by atoms with Crippen LogP contribution in [0.15, 0.2) is 53.5 Å². The molecule has 14 N–H and O–H groups in total. The van der Waals surface area contributed by atoms with E-state index in [0.717, 1.165) is 0 Å². The third kappa shape index (κ3) is 17.5. The molecule has 0 saturated heterocycles. The highest BCUT2D eigenvalue weighted by Crippen LogP contribution is 2.14. The lowest BCUT2D eigenvalue weighted by atomic mass is 10.0. The van der Waals surface area contributed by atoms with Crippen molar-refractivity contribution in [2.45, 2.75) is 96.4 Å². The van der Waals surface area contributed by atoms with Crippen LogP contribution in [0.25, 0.3) is 0 Å². The third-order valence-corrected chi connectivity index (χ3v) is 8.43. The zero-order valence-corrected chi connectivity index (χ0v) is 32.3. The number of hydrogen-bond donors (Lipinski definition) is 11. The lowest BCUT2D eigenvalue weighted by Crippen LogP contribution is -2.57. The van der Waals surface area contributed by atoms with Gasteiger partial charge in [-0.25, -0.2) is 4.79 Å². The lowest BCUT2D eigenvalue weighted by molar-refractivity contribution is -0.142. The molecule has 0 fully saturated rings. The summed E-state index contributed by atoms with van der Waals surface area (Å²) >= 11 is 0. The number of carbonyl (C=O) groups excluding carboxylic acids is 5. The molecule has 0 heterocycles. The van der Waals surface area contributed by atoms with Crippen LogP contribution in [0.2, 0.25) is 0 Å². The summed E-state index contributed by atoms with van der Waals surface area (Å²) < 4.78 is 0. The molecule has 5 amide bonds. The molecule has 2 rings (SSSR count). The second-order valence-corrected chi connectivity index (χ2v) is 14.4. The van der Waals surface area contributed by atoms with E-state index < -0.39 is 72.3 Å². The Balaban J connectivity index is 2.20. The van der Waals surface area contributed by atoms with Crippen LogP contribution in [0, 0.1) is 11.8 Å². The largest absolute Gasteiger partial charge is 0.508 e. The predicted molar refractivity (Wildman–Crippen MR) is 209 cm³/mol. The van der Waals surface area contributed by atoms with Gasteiger partial charge in [-0.1, -0.05) is 52.0 Å². The number of guanidine groups is 1. The number of carboxylic acid groups (broad SMARTS) is 1. The number of phenolic OH excluding ortho intramolecular Hbond substituents is 2. The van der Waals surface area contributed by atoms with E-state index in [4.69, 9.17) is 17.2 Å². The highest BCUT2D eigenvalue weighted by Gasteiger charge is 2.31. The molecule has 0 aliphatic carbocycles. The minimum atomic E-state index is -1.24. The Bertz CT molecular complexity index is 1650. The summed E-state index contributed by atoms with van der Waals surface area (Å²) in [6.07, 6.45) is 0.844. The van der Waals surface area contributed by atoms with Crippen molar-refractivity contribution in [1.29, 1.82) is 0 Å². The van der Waals surface area contributed by atoms with Crippen LogP contribution in [-0.4, -0.2) is 100 Å². The Labute approximate surface area is 326 Å². The molecule has 0 unspecified atom stereocenters. The summed E-state index contributed by atoms with van der Waals surface area (Å²) in [7, 11) is 0. The normalized spacial score (nSPS) is 13.7. The fourth-order valence-corrected chi connectivity index (χ4v) is 5.56. The average molecular weight is 784 g/mol. The molecule has 5 atom stereocenters.